The Balaban J connectivity index is 1.81. The van der Waals surface area contributed by atoms with Crippen molar-refractivity contribution in [2.24, 2.45) is 0 Å². The first kappa shape index (κ1) is 16.1. The van der Waals surface area contributed by atoms with Crippen molar-refractivity contribution in [1.82, 2.24) is 10.2 Å². The van der Waals surface area contributed by atoms with Crippen LogP contribution in [0, 0.1) is 0 Å². The molecule has 4 nitrogen and oxygen atoms in total. The van der Waals surface area contributed by atoms with Crippen molar-refractivity contribution in [3.8, 4) is 11.5 Å². The predicted octanol–water partition coefficient (Wildman–Crippen LogP) is 2.54. The molecule has 0 radical (unpaired) electrons. The van der Waals surface area contributed by atoms with E-state index in [1.807, 2.05) is 24.3 Å². The maximum Gasteiger partial charge on any atom is 0.161 e. The molecule has 1 aromatic carbocycles. The molecule has 1 saturated heterocycles. The SMILES string of the molecule is COc1ccccc1OCCN(CC1CCCN1)C(C)C. The van der Waals surface area contributed by atoms with E-state index in [0.29, 0.717) is 18.7 Å². The van der Waals surface area contributed by atoms with E-state index in [1.165, 1.54) is 12.8 Å². The molecule has 0 aliphatic carbocycles. The lowest BCUT2D eigenvalue weighted by Crippen LogP contribution is -2.43. The van der Waals surface area contributed by atoms with Gasteiger partial charge in [0.1, 0.15) is 6.61 Å². The highest BCUT2D eigenvalue weighted by Crippen LogP contribution is 2.25. The van der Waals surface area contributed by atoms with Crippen molar-refractivity contribution in [3.63, 3.8) is 0 Å². The molecule has 1 aliphatic rings. The van der Waals surface area contributed by atoms with Crippen LogP contribution < -0.4 is 14.8 Å². The molecule has 21 heavy (non-hydrogen) atoms. The molecular weight excluding hydrogens is 264 g/mol. The van der Waals surface area contributed by atoms with Crippen molar-refractivity contribution < 1.29 is 9.47 Å². The summed E-state index contributed by atoms with van der Waals surface area (Å²) < 4.78 is 11.2. The molecule has 0 aromatic heterocycles. The van der Waals surface area contributed by atoms with Gasteiger partial charge >= 0.3 is 0 Å². The van der Waals surface area contributed by atoms with Gasteiger partial charge in [-0.15, -0.1) is 0 Å². The lowest BCUT2D eigenvalue weighted by Gasteiger charge is -2.29. The molecule has 0 amide bonds. The molecule has 0 bridgehead atoms. The van der Waals surface area contributed by atoms with Gasteiger partial charge in [0.25, 0.3) is 0 Å². The zero-order valence-electron chi connectivity index (χ0n) is 13.5. The second-order valence-corrected chi connectivity index (χ2v) is 5.88. The van der Waals surface area contributed by atoms with Crippen LogP contribution in [0.3, 0.4) is 0 Å². The number of nitrogens with one attached hydrogen (secondary N) is 1. The van der Waals surface area contributed by atoms with Gasteiger partial charge in [-0.2, -0.15) is 0 Å². The van der Waals surface area contributed by atoms with Crippen molar-refractivity contribution in [2.45, 2.75) is 38.8 Å². The van der Waals surface area contributed by atoms with Crippen LogP contribution in [0.1, 0.15) is 26.7 Å². The van der Waals surface area contributed by atoms with Gasteiger partial charge in [-0.3, -0.25) is 4.90 Å². The second kappa shape index (κ2) is 8.25. The number of nitrogens with zero attached hydrogens (tertiary/aromatic N) is 1. The van der Waals surface area contributed by atoms with Crippen molar-refractivity contribution >= 4 is 0 Å². The molecule has 1 atom stereocenters. The first-order chi connectivity index (χ1) is 10.2. The Morgan fingerprint density at radius 1 is 1.29 bits per heavy atom. The number of rotatable bonds is 8. The van der Waals surface area contributed by atoms with Gasteiger partial charge in [0, 0.05) is 25.2 Å². The van der Waals surface area contributed by atoms with E-state index in [4.69, 9.17) is 9.47 Å². The summed E-state index contributed by atoms with van der Waals surface area (Å²) in [4.78, 5) is 2.48. The largest absolute Gasteiger partial charge is 0.493 e. The van der Waals surface area contributed by atoms with E-state index < -0.39 is 0 Å². The Labute approximate surface area is 128 Å². The topological polar surface area (TPSA) is 33.7 Å². The highest BCUT2D eigenvalue weighted by atomic mass is 16.5. The van der Waals surface area contributed by atoms with Crippen LogP contribution in [0.4, 0.5) is 0 Å². The van der Waals surface area contributed by atoms with Crippen molar-refractivity contribution in [3.05, 3.63) is 24.3 Å². The van der Waals surface area contributed by atoms with Gasteiger partial charge in [-0.05, 0) is 45.4 Å². The maximum atomic E-state index is 5.89. The fraction of sp³-hybridized carbons (Fsp3) is 0.647. The summed E-state index contributed by atoms with van der Waals surface area (Å²) in [5.41, 5.74) is 0. The minimum atomic E-state index is 0.536. The van der Waals surface area contributed by atoms with Crippen LogP contribution >= 0.6 is 0 Å². The van der Waals surface area contributed by atoms with Gasteiger partial charge in [0.2, 0.25) is 0 Å². The summed E-state index contributed by atoms with van der Waals surface area (Å²) in [6.07, 6.45) is 2.59. The predicted molar refractivity (Wildman–Crippen MR) is 86.2 cm³/mol. The quantitative estimate of drug-likeness (QED) is 0.798. The molecule has 1 fully saturated rings. The van der Waals surface area contributed by atoms with Gasteiger partial charge < -0.3 is 14.8 Å². The van der Waals surface area contributed by atoms with E-state index in [2.05, 4.69) is 24.1 Å². The lowest BCUT2D eigenvalue weighted by atomic mass is 10.2. The number of ether oxygens (including phenoxy) is 2. The van der Waals surface area contributed by atoms with Gasteiger partial charge in [-0.1, -0.05) is 12.1 Å². The number of benzene rings is 1. The Kier molecular flexibility index (Phi) is 6.33. The standard InChI is InChI=1S/C17H28N2O2/c1-14(2)19(13-15-7-6-10-18-15)11-12-21-17-9-5-4-8-16(17)20-3/h4-5,8-9,14-15,18H,6-7,10-13H2,1-3H3. The highest BCUT2D eigenvalue weighted by Gasteiger charge is 2.19. The number of hydrogen-bond acceptors (Lipinski definition) is 4. The maximum absolute atomic E-state index is 5.89. The van der Waals surface area contributed by atoms with Crippen molar-refractivity contribution in [2.75, 3.05) is 33.4 Å². The minimum Gasteiger partial charge on any atom is -0.493 e. The van der Waals surface area contributed by atoms with Crippen LogP contribution in [0.25, 0.3) is 0 Å². The van der Waals surface area contributed by atoms with E-state index in [9.17, 15) is 0 Å². The zero-order chi connectivity index (χ0) is 15.1. The van der Waals surface area contributed by atoms with Crippen LogP contribution in [0.15, 0.2) is 24.3 Å². The van der Waals surface area contributed by atoms with E-state index in [-0.39, 0.29) is 0 Å². The Morgan fingerprint density at radius 2 is 2.05 bits per heavy atom. The normalized spacial score (nSPS) is 18.4. The molecule has 0 saturated carbocycles. The summed E-state index contributed by atoms with van der Waals surface area (Å²) >= 11 is 0. The number of para-hydroxylation sites is 2. The summed E-state index contributed by atoms with van der Waals surface area (Å²) in [7, 11) is 1.67. The average molecular weight is 292 g/mol. The van der Waals surface area contributed by atoms with Crippen LogP contribution in [0.2, 0.25) is 0 Å². The number of hydrogen-bond donors (Lipinski definition) is 1. The average Bonchev–Trinajstić information content (AvgIpc) is 2.99. The van der Waals surface area contributed by atoms with Gasteiger partial charge in [-0.25, -0.2) is 0 Å². The van der Waals surface area contributed by atoms with Crippen LogP contribution in [-0.2, 0) is 0 Å². The molecule has 1 heterocycles. The summed E-state index contributed by atoms with van der Waals surface area (Å²) in [5.74, 6) is 1.62. The minimum absolute atomic E-state index is 0.536. The van der Waals surface area contributed by atoms with Crippen LogP contribution in [0.5, 0.6) is 11.5 Å². The Bertz CT molecular complexity index is 417. The highest BCUT2D eigenvalue weighted by molar-refractivity contribution is 5.39. The monoisotopic (exact) mass is 292 g/mol. The summed E-state index contributed by atoms with van der Waals surface area (Å²) in [5, 5.41) is 3.57. The summed E-state index contributed by atoms with van der Waals surface area (Å²) in [6.45, 7) is 8.39. The molecular formula is C17H28N2O2. The first-order valence-electron chi connectivity index (χ1n) is 7.94. The number of methoxy groups -OCH3 is 1. The third-order valence-corrected chi connectivity index (χ3v) is 4.05. The Hall–Kier alpha value is -1.26. The summed E-state index contributed by atoms with van der Waals surface area (Å²) in [6, 6.07) is 8.99. The van der Waals surface area contributed by atoms with E-state index >= 15 is 0 Å². The first-order valence-corrected chi connectivity index (χ1v) is 7.94. The van der Waals surface area contributed by atoms with E-state index in [0.717, 1.165) is 31.1 Å². The molecule has 1 N–H and O–H groups in total. The second-order valence-electron chi connectivity index (χ2n) is 5.88. The molecule has 0 spiro atoms. The molecule has 1 aliphatic heterocycles. The molecule has 2 rings (SSSR count). The third kappa shape index (κ3) is 4.90. The lowest BCUT2D eigenvalue weighted by molar-refractivity contribution is 0.162. The molecule has 118 valence electrons. The fourth-order valence-corrected chi connectivity index (χ4v) is 2.77. The third-order valence-electron chi connectivity index (χ3n) is 4.05. The fourth-order valence-electron chi connectivity index (χ4n) is 2.77. The molecule has 1 aromatic rings. The van der Waals surface area contributed by atoms with E-state index in [1.54, 1.807) is 7.11 Å². The van der Waals surface area contributed by atoms with Gasteiger partial charge in [0.05, 0.1) is 7.11 Å². The zero-order valence-corrected chi connectivity index (χ0v) is 13.5. The van der Waals surface area contributed by atoms with Crippen molar-refractivity contribution in [1.29, 1.82) is 0 Å². The molecule has 4 heteroatoms. The van der Waals surface area contributed by atoms with Crippen LogP contribution in [-0.4, -0.2) is 50.3 Å². The molecule has 1 unspecified atom stereocenters. The smallest absolute Gasteiger partial charge is 0.161 e. The van der Waals surface area contributed by atoms with Gasteiger partial charge in [0.15, 0.2) is 11.5 Å². The Morgan fingerprint density at radius 3 is 2.67 bits per heavy atom.